The van der Waals surface area contributed by atoms with E-state index in [0.29, 0.717) is 25.0 Å². The van der Waals surface area contributed by atoms with Crippen molar-refractivity contribution in [1.82, 2.24) is 0 Å². The Kier molecular flexibility index (Phi) is 4.22. The number of nitrogens with two attached hydrogens (primary N) is 1. The van der Waals surface area contributed by atoms with Gasteiger partial charge in [0, 0.05) is 23.7 Å². The molecule has 19 heavy (non-hydrogen) atoms. The molecule has 2 aromatic rings. The van der Waals surface area contributed by atoms with Crippen LogP contribution < -0.4 is 5.73 Å². The summed E-state index contributed by atoms with van der Waals surface area (Å²) >= 11 is 0. The van der Waals surface area contributed by atoms with Gasteiger partial charge < -0.3 is 5.73 Å². The molecule has 100 valence electrons. The number of rotatable bonds is 4. The van der Waals surface area contributed by atoms with Crippen LogP contribution in [-0.4, -0.2) is 0 Å². The second kappa shape index (κ2) is 5.89. The van der Waals surface area contributed by atoms with E-state index in [-0.39, 0.29) is 5.56 Å². The molecule has 2 N–H and O–H groups in total. The van der Waals surface area contributed by atoms with E-state index in [4.69, 9.17) is 5.73 Å². The Morgan fingerprint density at radius 1 is 0.947 bits per heavy atom. The summed E-state index contributed by atoms with van der Waals surface area (Å²) in [7, 11) is 0. The van der Waals surface area contributed by atoms with Gasteiger partial charge in [-0.05, 0) is 18.4 Å². The molecule has 0 aliphatic rings. The van der Waals surface area contributed by atoms with Crippen LogP contribution in [-0.2, 0) is 6.42 Å². The molecule has 0 fully saturated rings. The lowest BCUT2D eigenvalue weighted by atomic mass is 9.99. The average Bonchev–Trinajstić information content (AvgIpc) is 2.36. The van der Waals surface area contributed by atoms with Crippen LogP contribution in [0.5, 0.6) is 0 Å². The predicted octanol–water partition coefficient (Wildman–Crippen LogP) is 3.74. The SMILES string of the molecule is NC(CCc1ccccc1)c1c(F)cc(F)cc1F. The van der Waals surface area contributed by atoms with Gasteiger partial charge in [-0.1, -0.05) is 30.3 Å². The Morgan fingerprint density at radius 3 is 2.11 bits per heavy atom. The van der Waals surface area contributed by atoms with Crippen molar-refractivity contribution in [3.63, 3.8) is 0 Å². The van der Waals surface area contributed by atoms with Gasteiger partial charge >= 0.3 is 0 Å². The van der Waals surface area contributed by atoms with Crippen LogP contribution in [0.1, 0.15) is 23.6 Å². The molecule has 0 saturated heterocycles. The fourth-order valence-electron chi connectivity index (χ4n) is 2.02. The molecule has 1 unspecified atom stereocenters. The van der Waals surface area contributed by atoms with Crippen molar-refractivity contribution in [3.8, 4) is 0 Å². The molecular weight excluding hydrogens is 251 g/mol. The van der Waals surface area contributed by atoms with Gasteiger partial charge in [-0.15, -0.1) is 0 Å². The van der Waals surface area contributed by atoms with Crippen molar-refractivity contribution in [2.45, 2.75) is 18.9 Å². The molecule has 0 aliphatic heterocycles. The van der Waals surface area contributed by atoms with Crippen LogP contribution in [0.2, 0.25) is 0 Å². The first-order valence-electron chi connectivity index (χ1n) is 6.02. The number of benzene rings is 2. The van der Waals surface area contributed by atoms with Crippen molar-refractivity contribution >= 4 is 0 Å². The Hall–Kier alpha value is -1.81. The highest BCUT2D eigenvalue weighted by Crippen LogP contribution is 2.23. The summed E-state index contributed by atoms with van der Waals surface area (Å²) in [4.78, 5) is 0. The zero-order valence-electron chi connectivity index (χ0n) is 10.2. The van der Waals surface area contributed by atoms with E-state index >= 15 is 0 Å². The van der Waals surface area contributed by atoms with Crippen LogP contribution in [0.25, 0.3) is 0 Å². The molecule has 0 amide bonds. The summed E-state index contributed by atoms with van der Waals surface area (Å²) in [6.45, 7) is 0. The Balaban J connectivity index is 2.10. The van der Waals surface area contributed by atoms with Gasteiger partial charge in [-0.2, -0.15) is 0 Å². The van der Waals surface area contributed by atoms with E-state index in [2.05, 4.69) is 0 Å². The van der Waals surface area contributed by atoms with Gasteiger partial charge in [0.25, 0.3) is 0 Å². The molecule has 0 aliphatic carbocycles. The molecule has 1 nitrogen and oxygen atoms in total. The molecule has 4 heteroatoms. The molecule has 1 atom stereocenters. The van der Waals surface area contributed by atoms with Crippen LogP contribution in [0.4, 0.5) is 13.2 Å². The summed E-state index contributed by atoms with van der Waals surface area (Å²) in [5.41, 5.74) is 6.58. The molecule has 0 aromatic heterocycles. The second-order valence-electron chi connectivity index (χ2n) is 4.41. The van der Waals surface area contributed by atoms with Crippen molar-refractivity contribution in [1.29, 1.82) is 0 Å². The minimum Gasteiger partial charge on any atom is -0.324 e. The third kappa shape index (κ3) is 3.35. The lowest BCUT2D eigenvalue weighted by Crippen LogP contribution is -2.15. The standard InChI is InChI=1S/C15H14F3N/c16-11-8-12(17)15(13(18)9-11)14(19)7-6-10-4-2-1-3-5-10/h1-5,8-9,14H,6-7,19H2. The molecule has 2 aromatic carbocycles. The largest absolute Gasteiger partial charge is 0.324 e. The number of hydrogen-bond donors (Lipinski definition) is 1. The second-order valence-corrected chi connectivity index (χ2v) is 4.41. The lowest BCUT2D eigenvalue weighted by molar-refractivity contribution is 0.493. The molecule has 2 rings (SSSR count). The maximum Gasteiger partial charge on any atom is 0.133 e. The van der Waals surface area contributed by atoms with E-state index in [1.54, 1.807) is 0 Å². The van der Waals surface area contributed by atoms with Crippen LogP contribution in [0, 0.1) is 17.5 Å². The van der Waals surface area contributed by atoms with Crippen molar-refractivity contribution in [2.24, 2.45) is 5.73 Å². The monoisotopic (exact) mass is 265 g/mol. The quantitative estimate of drug-likeness (QED) is 0.895. The normalized spacial score (nSPS) is 12.4. The lowest BCUT2D eigenvalue weighted by Gasteiger charge is -2.14. The fraction of sp³-hybridized carbons (Fsp3) is 0.200. The van der Waals surface area contributed by atoms with Gasteiger partial charge in [0.05, 0.1) is 0 Å². The Labute approximate surface area is 109 Å². The van der Waals surface area contributed by atoms with Gasteiger partial charge in [0.2, 0.25) is 0 Å². The van der Waals surface area contributed by atoms with Crippen LogP contribution >= 0.6 is 0 Å². The van der Waals surface area contributed by atoms with Gasteiger partial charge in [-0.3, -0.25) is 0 Å². The Bertz CT molecular complexity index is 532. The van der Waals surface area contributed by atoms with Gasteiger partial charge in [-0.25, -0.2) is 13.2 Å². The molecule has 0 radical (unpaired) electrons. The smallest absolute Gasteiger partial charge is 0.133 e. The van der Waals surface area contributed by atoms with Crippen LogP contribution in [0.15, 0.2) is 42.5 Å². The maximum absolute atomic E-state index is 13.5. The zero-order chi connectivity index (χ0) is 13.8. The third-order valence-electron chi connectivity index (χ3n) is 3.00. The molecule has 0 saturated carbocycles. The summed E-state index contributed by atoms with van der Waals surface area (Å²) in [6.07, 6.45) is 1.00. The Morgan fingerprint density at radius 2 is 1.53 bits per heavy atom. The number of halogens is 3. The molecule has 0 heterocycles. The third-order valence-corrected chi connectivity index (χ3v) is 3.00. The first-order valence-corrected chi connectivity index (χ1v) is 6.02. The molecular formula is C15H14F3N. The first-order chi connectivity index (χ1) is 9.08. The van der Waals surface area contributed by atoms with Crippen molar-refractivity contribution in [2.75, 3.05) is 0 Å². The maximum atomic E-state index is 13.5. The van der Waals surface area contributed by atoms with E-state index in [1.807, 2.05) is 30.3 Å². The highest BCUT2D eigenvalue weighted by Gasteiger charge is 2.18. The molecule has 0 spiro atoms. The summed E-state index contributed by atoms with van der Waals surface area (Å²) < 4.78 is 39.9. The predicted molar refractivity (Wildman–Crippen MR) is 68.0 cm³/mol. The zero-order valence-corrected chi connectivity index (χ0v) is 10.2. The van der Waals surface area contributed by atoms with E-state index in [1.165, 1.54) is 0 Å². The molecule has 0 bridgehead atoms. The van der Waals surface area contributed by atoms with E-state index < -0.39 is 23.5 Å². The first kappa shape index (κ1) is 13.6. The fourth-order valence-corrected chi connectivity index (χ4v) is 2.02. The average molecular weight is 265 g/mol. The summed E-state index contributed by atoms with van der Waals surface area (Å²) in [5, 5.41) is 0. The highest BCUT2D eigenvalue weighted by molar-refractivity contribution is 5.24. The topological polar surface area (TPSA) is 26.0 Å². The van der Waals surface area contributed by atoms with Crippen molar-refractivity contribution < 1.29 is 13.2 Å². The highest BCUT2D eigenvalue weighted by atomic mass is 19.1. The van der Waals surface area contributed by atoms with Gasteiger partial charge in [0.1, 0.15) is 17.5 Å². The van der Waals surface area contributed by atoms with Crippen molar-refractivity contribution in [3.05, 3.63) is 71.0 Å². The van der Waals surface area contributed by atoms with E-state index in [9.17, 15) is 13.2 Å². The van der Waals surface area contributed by atoms with E-state index in [0.717, 1.165) is 5.56 Å². The minimum absolute atomic E-state index is 0.252. The summed E-state index contributed by atoms with van der Waals surface area (Å²) in [6, 6.07) is 10.0. The minimum atomic E-state index is -0.936. The number of hydrogen-bond acceptors (Lipinski definition) is 1. The number of aryl methyl sites for hydroxylation is 1. The summed E-state index contributed by atoms with van der Waals surface area (Å²) in [5.74, 6) is -2.80. The van der Waals surface area contributed by atoms with Crippen LogP contribution in [0.3, 0.4) is 0 Å². The van der Waals surface area contributed by atoms with Gasteiger partial charge in [0.15, 0.2) is 0 Å².